The fourth-order valence-corrected chi connectivity index (χ4v) is 4.26. The van der Waals surface area contributed by atoms with Crippen molar-refractivity contribution in [3.63, 3.8) is 0 Å². The van der Waals surface area contributed by atoms with Gasteiger partial charge in [-0.05, 0) is 49.1 Å². The van der Waals surface area contributed by atoms with E-state index in [1.54, 1.807) is 12.1 Å². The van der Waals surface area contributed by atoms with Crippen molar-refractivity contribution in [1.29, 1.82) is 0 Å². The number of aliphatic hydroxyl groups is 1. The molecule has 7 nitrogen and oxygen atoms in total. The summed E-state index contributed by atoms with van der Waals surface area (Å²) in [6.07, 6.45) is -0.140. The van der Waals surface area contributed by atoms with Crippen molar-refractivity contribution in [1.82, 2.24) is 10.3 Å². The molecule has 2 N–H and O–H groups in total. The molecule has 1 aliphatic carbocycles. The van der Waals surface area contributed by atoms with Gasteiger partial charge in [-0.3, -0.25) is 0 Å². The first-order valence-corrected chi connectivity index (χ1v) is 11.7. The predicted molar refractivity (Wildman–Crippen MR) is 133 cm³/mol. The molecule has 0 unspecified atom stereocenters. The van der Waals surface area contributed by atoms with Crippen LogP contribution in [0.2, 0.25) is 0 Å². The number of aromatic nitrogens is 1. The number of hydrogen-bond donors (Lipinski definition) is 2. The van der Waals surface area contributed by atoms with E-state index in [9.17, 15) is 9.90 Å². The Labute approximate surface area is 206 Å². The number of nitrogens with zero attached hydrogens (tertiary/aromatic N) is 1. The van der Waals surface area contributed by atoms with Crippen LogP contribution >= 0.6 is 0 Å². The van der Waals surface area contributed by atoms with Gasteiger partial charge in [0.2, 0.25) is 5.88 Å². The van der Waals surface area contributed by atoms with Crippen LogP contribution in [-0.4, -0.2) is 48.2 Å². The summed E-state index contributed by atoms with van der Waals surface area (Å²) in [5.41, 5.74) is 4.69. The second-order valence-corrected chi connectivity index (χ2v) is 9.58. The Bertz CT molecular complexity index is 1110. The zero-order chi connectivity index (χ0) is 25.0. The highest BCUT2D eigenvalue weighted by molar-refractivity contribution is 5.79. The molecular weight excluding hydrogens is 444 g/mol. The lowest BCUT2D eigenvalue weighted by Crippen LogP contribution is -2.44. The van der Waals surface area contributed by atoms with Crippen molar-refractivity contribution in [2.75, 3.05) is 20.3 Å². The van der Waals surface area contributed by atoms with Crippen LogP contribution in [0.1, 0.15) is 49.5 Å². The largest absolute Gasteiger partial charge is 0.481 e. The second-order valence-electron chi connectivity index (χ2n) is 9.58. The molecule has 0 aliphatic heterocycles. The van der Waals surface area contributed by atoms with E-state index in [-0.39, 0.29) is 19.1 Å². The van der Waals surface area contributed by atoms with Crippen molar-refractivity contribution in [2.45, 2.75) is 44.4 Å². The summed E-state index contributed by atoms with van der Waals surface area (Å²) in [7, 11) is 1.52. The first-order chi connectivity index (χ1) is 16.8. The molecule has 0 saturated carbocycles. The first-order valence-electron chi connectivity index (χ1n) is 11.7. The number of benzene rings is 2. The molecule has 7 heteroatoms. The van der Waals surface area contributed by atoms with Crippen molar-refractivity contribution >= 4 is 6.09 Å². The summed E-state index contributed by atoms with van der Waals surface area (Å²) in [5, 5.41) is 13.8. The van der Waals surface area contributed by atoms with Gasteiger partial charge in [0.15, 0.2) is 0 Å². The monoisotopic (exact) mass is 476 g/mol. The fraction of sp³-hybridized carbons (Fsp3) is 0.357. The SMILES string of the molecule is COc1ccc([C@@H](O)[C@H](COC(C)(C)C)NC(=O)OCC2c3ccccc3-c3ccccc32)cn1. The molecule has 3 aromatic rings. The molecule has 2 atom stereocenters. The van der Waals surface area contributed by atoms with Crippen LogP contribution in [-0.2, 0) is 9.47 Å². The fourth-order valence-electron chi connectivity index (χ4n) is 4.26. The van der Waals surface area contributed by atoms with Gasteiger partial charge in [0.1, 0.15) is 12.7 Å². The van der Waals surface area contributed by atoms with Gasteiger partial charge < -0.3 is 24.6 Å². The molecule has 1 aromatic heterocycles. The van der Waals surface area contributed by atoms with Crippen LogP contribution in [0.3, 0.4) is 0 Å². The number of carbonyl (C=O) groups excluding carboxylic acids is 1. The minimum absolute atomic E-state index is 0.0480. The second kappa shape index (κ2) is 10.5. The van der Waals surface area contributed by atoms with E-state index < -0.39 is 23.8 Å². The number of carbonyl (C=O) groups is 1. The number of hydrogen-bond acceptors (Lipinski definition) is 6. The predicted octanol–water partition coefficient (Wildman–Crippen LogP) is 4.85. The van der Waals surface area contributed by atoms with E-state index in [1.165, 1.54) is 13.3 Å². The van der Waals surface area contributed by atoms with E-state index in [0.29, 0.717) is 11.4 Å². The normalized spacial score (nSPS) is 14.5. The summed E-state index contributed by atoms with van der Waals surface area (Å²) in [4.78, 5) is 17.0. The smallest absolute Gasteiger partial charge is 0.407 e. The van der Waals surface area contributed by atoms with Crippen LogP contribution in [0.15, 0.2) is 66.9 Å². The van der Waals surface area contributed by atoms with Crippen molar-refractivity contribution in [3.8, 4) is 17.0 Å². The summed E-state index contributed by atoms with van der Waals surface area (Å²) >= 11 is 0. The number of amides is 1. The quantitative estimate of drug-likeness (QED) is 0.483. The van der Waals surface area contributed by atoms with Crippen molar-refractivity contribution < 1.29 is 24.1 Å². The molecule has 184 valence electrons. The number of ether oxygens (including phenoxy) is 3. The molecule has 2 aromatic carbocycles. The lowest BCUT2D eigenvalue weighted by molar-refractivity contribution is -0.0353. The van der Waals surface area contributed by atoms with Crippen molar-refractivity contribution in [2.24, 2.45) is 0 Å². The summed E-state index contributed by atoms with van der Waals surface area (Å²) in [5.74, 6) is 0.390. The molecule has 1 aliphatic rings. The van der Waals surface area contributed by atoms with Gasteiger partial charge in [0, 0.05) is 23.7 Å². The number of pyridine rings is 1. The Morgan fingerprint density at radius 1 is 1.03 bits per heavy atom. The highest BCUT2D eigenvalue weighted by Gasteiger charge is 2.30. The summed E-state index contributed by atoms with van der Waals surface area (Å²) < 4.78 is 16.6. The number of fused-ring (bicyclic) bond motifs is 3. The molecule has 0 bridgehead atoms. The topological polar surface area (TPSA) is 89.9 Å². The van der Waals surface area contributed by atoms with E-state index >= 15 is 0 Å². The maximum Gasteiger partial charge on any atom is 0.407 e. The van der Waals surface area contributed by atoms with E-state index in [2.05, 4.69) is 34.6 Å². The lowest BCUT2D eigenvalue weighted by Gasteiger charge is -2.28. The minimum atomic E-state index is -1.05. The van der Waals surface area contributed by atoms with Gasteiger partial charge >= 0.3 is 6.09 Å². The maximum atomic E-state index is 12.9. The molecule has 0 fully saturated rings. The highest BCUT2D eigenvalue weighted by atomic mass is 16.6. The molecule has 35 heavy (non-hydrogen) atoms. The van der Waals surface area contributed by atoms with Gasteiger partial charge in [0.05, 0.1) is 25.4 Å². The highest BCUT2D eigenvalue weighted by Crippen LogP contribution is 2.44. The zero-order valence-corrected chi connectivity index (χ0v) is 20.5. The third-order valence-electron chi connectivity index (χ3n) is 6.03. The van der Waals surface area contributed by atoms with E-state index in [0.717, 1.165) is 22.3 Å². The number of rotatable bonds is 8. The lowest BCUT2D eigenvalue weighted by atomic mass is 9.98. The molecule has 0 spiro atoms. The maximum absolute atomic E-state index is 12.9. The zero-order valence-electron chi connectivity index (χ0n) is 20.5. The van der Waals surface area contributed by atoms with Gasteiger partial charge in [-0.15, -0.1) is 0 Å². The van der Waals surface area contributed by atoms with Crippen LogP contribution in [0, 0.1) is 0 Å². The summed E-state index contributed by atoms with van der Waals surface area (Å²) in [6.45, 7) is 6.03. The Kier molecular flexibility index (Phi) is 7.38. The average Bonchev–Trinajstić information content (AvgIpc) is 3.18. The molecule has 0 saturated heterocycles. The standard InChI is InChI=1S/C28H32N2O5/c1-28(2,3)35-17-24(26(31)18-13-14-25(33-4)29-15-18)30-27(32)34-16-23-21-11-7-5-9-19(21)20-10-6-8-12-22(20)23/h5-15,23-24,26,31H,16-17H2,1-4H3,(H,30,32)/t24-,26+/m0/s1. The Morgan fingerprint density at radius 3 is 2.20 bits per heavy atom. The summed E-state index contributed by atoms with van der Waals surface area (Å²) in [6, 6.07) is 19.0. The first kappa shape index (κ1) is 24.7. The number of alkyl carbamates (subject to hydrolysis) is 1. The van der Waals surface area contributed by atoms with Crippen LogP contribution in [0.25, 0.3) is 11.1 Å². The van der Waals surface area contributed by atoms with Gasteiger partial charge in [-0.25, -0.2) is 9.78 Å². The van der Waals surface area contributed by atoms with Crippen LogP contribution < -0.4 is 10.1 Å². The number of methoxy groups -OCH3 is 1. The Hall–Kier alpha value is -3.42. The number of nitrogens with one attached hydrogen (secondary N) is 1. The molecule has 1 amide bonds. The molecule has 0 radical (unpaired) electrons. The average molecular weight is 477 g/mol. The van der Waals surface area contributed by atoms with Crippen LogP contribution in [0.5, 0.6) is 5.88 Å². The van der Waals surface area contributed by atoms with Gasteiger partial charge in [0.25, 0.3) is 0 Å². The number of aliphatic hydroxyl groups excluding tert-OH is 1. The third kappa shape index (κ3) is 5.81. The Morgan fingerprint density at radius 2 is 1.66 bits per heavy atom. The van der Waals surface area contributed by atoms with Gasteiger partial charge in [-0.1, -0.05) is 48.5 Å². The van der Waals surface area contributed by atoms with E-state index in [1.807, 2.05) is 45.0 Å². The van der Waals surface area contributed by atoms with E-state index in [4.69, 9.17) is 14.2 Å². The molecule has 4 rings (SSSR count). The Balaban J connectivity index is 1.46. The van der Waals surface area contributed by atoms with Crippen LogP contribution in [0.4, 0.5) is 4.79 Å². The minimum Gasteiger partial charge on any atom is -0.481 e. The van der Waals surface area contributed by atoms with Gasteiger partial charge in [-0.2, -0.15) is 0 Å². The molecule has 1 heterocycles. The molecular formula is C28H32N2O5. The third-order valence-corrected chi connectivity index (χ3v) is 6.03. The van der Waals surface area contributed by atoms with Crippen molar-refractivity contribution in [3.05, 3.63) is 83.6 Å².